The number of hydrogen-bond acceptors (Lipinski definition) is 6. The smallest absolute Gasteiger partial charge is 0.241 e. The first-order valence-corrected chi connectivity index (χ1v) is 11.2. The Bertz CT molecular complexity index is 1250. The zero-order valence-electron chi connectivity index (χ0n) is 18.0. The van der Waals surface area contributed by atoms with Crippen molar-refractivity contribution in [2.24, 2.45) is 5.92 Å². The number of hydrogen-bond donors (Lipinski definition) is 1. The molecule has 31 heavy (non-hydrogen) atoms. The highest BCUT2D eigenvalue weighted by atomic mass is 16.5. The lowest BCUT2D eigenvalue weighted by molar-refractivity contribution is 0.0701. The first-order valence-electron chi connectivity index (χ1n) is 11.2. The standard InChI is InChI=1S/C23H27N7O/c1-14(16-3-4-16)26-23-25-13-21-19(5-8-29(21)28-23)17-11-20-22(24-12-17)27-15(2)30(20)18-6-9-31-10-7-18/h5,8,11-14,16,18H,3-4,6-7,9-10H2,1-2H3,(H,26,28). The van der Waals surface area contributed by atoms with Crippen LogP contribution in [0.3, 0.4) is 0 Å². The Labute approximate surface area is 180 Å². The van der Waals surface area contributed by atoms with Gasteiger partial charge in [0.25, 0.3) is 0 Å². The van der Waals surface area contributed by atoms with Crippen molar-refractivity contribution in [3.63, 3.8) is 0 Å². The third kappa shape index (κ3) is 3.35. The second kappa shape index (κ2) is 7.30. The monoisotopic (exact) mass is 417 g/mol. The van der Waals surface area contributed by atoms with Crippen molar-refractivity contribution in [1.82, 2.24) is 29.1 Å². The van der Waals surface area contributed by atoms with E-state index in [1.807, 2.05) is 23.1 Å². The number of pyridine rings is 1. The number of fused-ring (bicyclic) bond motifs is 2. The van der Waals surface area contributed by atoms with E-state index in [4.69, 9.17) is 9.72 Å². The average molecular weight is 418 g/mol. The molecular formula is C23H27N7O. The Hall–Kier alpha value is -3.00. The Morgan fingerprint density at radius 1 is 1.10 bits per heavy atom. The topological polar surface area (TPSA) is 82.2 Å². The molecule has 5 heterocycles. The Morgan fingerprint density at radius 2 is 1.94 bits per heavy atom. The quantitative estimate of drug-likeness (QED) is 0.528. The molecule has 0 aromatic carbocycles. The van der Waals surface area contributed by atoms with Crippen molar-refractivity contribution >= 4 is 22.6 Å². The Balaban J connectivity index is 1.37. The summed E-state index contributed by atoms with van der Waals surface area (Å²) >= 11 is 0. The van der Waals surface area contributed by atoms with Gasteiger partial charge in [-0.3, -0.25) is 0 Å². The van der Waals surface area contributed by atoms with Crippen molar-refractivity contribution in [3.8, 4) is 11.1 Å². The van der Waals surface area contributed by atoms with E-state index in [9.17, 15) is 0 Å². The van der Waals surface area contributed by atoms with E-state index in [1.165, 1.54) is 12.8 Å². The average Bonchev–Trinajstić information content (AvgIpc) is 3.47. The number of aryl methyl sites for hydroxylation is 1. The predicted octanol–water partition coefficient (Wildman–Crippen LogP) is 4.01. The number of nitrogens with zero attached hydrogens (tertiary/aromatic N) is 6. The summed E-state index contributed by atoms with van der Waals surface area (Å²) in [6.45, 7) is 5.87. The molecule has 160 valence electrons. The van der Waals surface area contributed by atoms with Crippen LogP contribution in [0.4, 0.5) is 5.95 Å². The lowest BCUT2D eigenvalue weighted by Gasteiger charge is -2.25. The Morgan fingerprint density at radius 3 is 2.74 bits per heavy atom. The normalized spacial score (nSPS) is 18.6. The lowest BCUT2D eigenvalue weighted by atomic mass is 10.1. The molecule has 1 saturated heterocycles. The van der Waals surface area contributed by atoms with E-state index >= 15 is 0 Å². The van der Waals surface area contributed by atoms with Crippen LogP contribution in [0.15, 0.2) is 30.7 Å². The fourth-order valence-corrected chi connectivity index (χ4v) is 4.77. The van der Waals surface area contributed by atoms with Gasteiger partial charge in [0.15, 0.2) is 5.65 Å². The summed E-state index contributed by atoms with van der Waals surface area (Å²) in [5.74, 6) is 2.44. The molecule has 0 radical (unpaired) electrons. The van der Waals surface area contributed by atoms with Crippen molar-refractivity contribution in [2.75, 3.05) is 18.5 Å². The van der Waals surface area contributed by atoms with Gasteiger partial charge in [0.1, 0.15) is 5.82 Å². The van der Waals surface area contributed by atoms with Crippen molar-refractivity contribution in [2.45, 2.75) is 51.6 Å². The first-order chi connectivity index (χ1) is 15.2. The third-order valence-corrected chi connectivity index (χ3v) is 6.69. The van der Waals surface area contributed by atoms with Crippen LogP contribution in [0.25, 0.3) is 27.8 Å². The van der Waals surface area contributed by atoms with Crippen molar-refractivity contribution in [3.05, 3.63) is 36.5 Å². The lowest BCUT2D eigenvalue weighted by Crippen LogP contribution is -2.20. The van der Waals surface area contributed by atoms with Crippen molar-refractivity contribution < 1.29 is 4.74 Å². The molecule has 0 spiro atoms. The molecular weight excluding hydrogens is 390 g/mol. The maximum absolute atomic E-state index is 5.56. The summed E-state index contributed by atoms with van der Waals surface area (Å²) in [6.07, 6.45) is 10.4. The number of ether oxygens (including phenoxy) is 1. The van der Waals surface area contributed by atoms with Crippen LogP contribution in [-0.4, -0.2) is 48.4 Å². The third-order valence-electron chi connectivity index (χ3n) is 6.69. The molecule has 1 unspecified atom stereocenters. The molecule has 2 aliphatic rings. The molecule has 4 aromatic rings. The summed E-state index contributed by atoms with van der Waals surface area (Å²) in [7, 11) is 0. The molecule has 4 aromatic heterocycles. The van der Waals surface area contributed by atoms with Crippen LogP contribution in [0.1, 0.15) is 44.5 Å². The van der Waals surface area contributed by atoms with Gasteiger partial charge in [0.2, 0.25) is 5.95 Å². The van der Waals surface area contributed by atoms with Gasteiger partial charge < -0.3 is 14.6 Å². The zero-order valence-corrected chi connectivity index (χ0v) is 18.0. The molecule has 0 bridgehead atoms. The van der Waals surface area contributed by atoms with E-state index in [0.29, 0.717) is 18.0 Å². The molecule has 2 fully saturated rings. The second-order valence-corrected chi connectivity index (χ2v) is 8.85. The highest BCUT2D eigenvalue weighted by molar-refractivity contribution is 5.85. The maximum atomic E-state index is 5.56. The zero-order chi connectivity index (χ0) is 20.9. The summed E-state index contributed by atoms with van der Waals surface area (Å²) in [5, 5.41) is 8.11. The second-order valence-electron chi connectivity index (χ2n) is 8.85. The number of rotatable bonds is 5. The van der Waals surface area contributed by atoms with Gasteiger partial charge in [0.05, 0.1) is 17.2 Å². The van der Waals surface area contributed by atoms with Crippen LogP contribution in [-0.2, 0) is 4.74 Å². The molecule has 6 rings (SSSR count). The van der Waals surface area contributed by atoms with E-state index in [0.717, 1.165) is 65.6 Å². The molecule has 1 N–H and O–H groups in total. The molecule has 8 heteroatoms. The minimum Gasteiger partial charge on any atom is -0.381 e. The van der Waals surface area contributed by atoms with E-state index in [-0.39, 0.29) is 0 Å². The summed E-state index contributed by atoms with van der Waals surface area (Å²) in [6, 6.07) is 5.11. The van der Waals surface area contributed by atoms with Crippen LogP contribution >= 0.6 is 0 Å². The fourth-order valence-electron chi connectivity index (χ4n) is 4.77. The fraction of sp³-hybridized carbons (Fsp3) is 0.478. The maximum Gasteiger partial charge on any atom is 0.241 e. The molecule has 1 atom stereocenters. The summed E-state index contributed by atoms with van der Waals surface area (Å²) in [4.78, 5) is 14.0. The van der Waals surface area contributed by atoms with Gasteiger partial charge in [-0.05, 0) is 57.6 Å². The van der Waals surface area contributed by atoms with Crippen molar-refractivity contribution in [1.29, 1.82) is 0 Å². The molecule has 1 saturated carbocycles. The van der Waals surface area contributed by atoms with Gasteiger partial charge in [-0.2, -0.15) is 0 Å². The van der Waals surface area contributed by atoms with E-state index < -0.39 is 0 Å². The van der Waals surface area contributed by atoms with Crippen LogP contribution in [0.2, 0.25) is 0 Å². The highest BCUT2D eigenvalue weighted by Crippen LogP contribution is 2.34. The summed E-state index contributed by atoms with van der Waals surface area (Å²) < 4.78 is 9.80. The number of aromatic nitrogens is 6. The van der Waals surface area contributed by atoms with Gasteiger partial charge in [-0.1, -0.05) is 0 Å². The Kier molecular flexibility index (Phi) is 4.41. The molecule has 0 amide bonds. The van der Waals surface area contributed by atoms with Crippen LogP contribution in [0, 0.1) is 12.8 Å². The largest absolute Gasteiger partial charge is 0.381 e. The van der Waals surface area contributed by atoms with E-state index in [1.54, 1.807) is 0 Å². The summed E-state index contributed by atoms with van der Waals surface area (Å²) in [5.41, 5.74) is 4.99. The highest BCUT2D eigenvalue weighted by Gasteiger charge is 2.28. The van der Waals surface area contributed by atoms with Crippen LogP contribution in [0.5, 0.6) is 0 Å². The van der Waals surface area contributed by atoms with Gasteiger partial charge >= 0.3 is 0 Å². The SMILES string of the molecule is Cc1nc2ncc(-c3ccn4nc(NC(C)C5CC5)ncc34)cc2n1C1CCOCC1. The predicted molar refractivity (Wildman–Crippen MR) is 119 cm³/mol. The minimum absolute atomic E-state index is 0.409. The minimum atomic E-state index is 0.409. The van der Waals surface area contributed by atoms with Gasteiger partial charge in [-0.15, -0.1) is 5.10 Å². The number of nitrogens with one attached hydrogen (secondary N) is 1. The number of imidazole rings is 1. The number of anilines is 1. The molecule has 1 aliphatic carbocycles. The molecule has 1 aliphatic heterocycles. The first kappa shape index (κ1) is 18.7. The van der Waals surface area contributed by atoms with Gasteiger partial charge in [0, 0.05) is 48.8 Å². The van der Waals surface area contributed by atoms with Gasteiger partial charge in [-0.25, -0.2) is 19.5 Å². The molecule has 8 nitrogen and oxygen atoms in total. The van der Waals surface area contributed by atoms with E-state index in [2.05, 4.69) is 50.9 Å². The van der Waals surface area contributed by atoms with Crippen LogP contribution < -0.4 is 5.32 Å².